The zero-order valence-electron chi connectivity index (χ0n) is 14.6. The molecule has 1 aliphatic rings. The number of carbonyl (C=O) groups excluding carboxylic acids is 1. The number of carbonyl (C=O) groups is 1. The predicted molar refractivity (Wildman–Crippen MR) is 90.6 cm³/mol. The number of nitrogens with zero attached hydrogens (tertiary/aromatic N) is 3. The molecule has 1 amide bonds. The van der Waals surface area contributed by atoms with Crippen LogP contribution in [0.1, 0.15) is 61.6 Å². The number of aliphatic hydroxyl groups excluding tert-OH is 1. The van der Waals surface area contributed by atoms with Crippen molar-refractivity contribution in [2.24, 2.45) is 0 Å². The first-order valence-corrected chi connectivity index (χ1v) is 8.71. The van der Waals surface area contributed by atoms with Gasteiger partial charge in [0.2, 0.25) is 0 Å². The van der Waals surface area contributed by atoms with E-state index in [2.05, 4.69) is 29.2 Å². The average Bonchev–Trinajstić information content (AvgIpc) is 3.12. The molecule has 1 saturated heterocycles. The second-order valence-corrected chi connectivity index (χ2v) is 6.66. The molecule has 0 radical (unpaired) electrons. The molecule has 1 fully saturated rings. The highest BCUT2D eigenvalue weighted by Gasteiger charge is 2.22. The van der Waals surface area contributed by atoms with Crippen molar-refractivity contribution in [3.63, 3.8) is 0 Å². The van der Waals surface area contributed by atoms with Gasteiger partial charge in [-0.2, -0.15) is 5.10 Å². The fourth-order valence-electron chi connectivity index (χ4n) is 3.30. The average molecular weight is 322 g/mol. The quantitative estimate of drug-likeness (QED) is 0.715. The number of likely N-dealkylation sites (tertiary alicyclic amines) is 1. The minimum Gasteiger partial charge on any atom is -0.395 e. The summed E-state index contributed by atoms with van der Waals surface area (Å²) in [6, 6.07) is 0.602. The highest BCUT2D eigenvalue weighted by Crippen LogP contribution is 2.17. The van der Waals surface area contributed by atoms with Gasteiger partial charge in [0, 0.05) is 24.3 Å². The number of nitrogens with one attached hydrogen (secondary N) is 1. The Bertz CT molecular complexity index is 513. The van der Waals surface area contributed by atoms with E-state index in [-0.39, 0.29) is 18.6 Å². The largest absolute Gasteiger partial charge is 0.395 e. The maximum Gasteiger partial charge on any atom is 0.254 e. The smallest absolute Gasteiger partial charge is 0.254 e. The van der Waals surface area contributed by atoms with Gasteiger partial charge in [0.1, 0.15) is 0 Å². The minimum atomic E-state index is -0.0381. The normalized spacial score (nSPS) is 18.7. The third-order valence-electron chi connectivity index (χ3n) is 4.65. The molecule has 1 aliphatic heterocycles. The number of amides is 1. The summed E-state index contributed by atoms with van der Waals surface area (Å²) in [5.74, 6) is -0.0381. The van der Waals surface area contributed by atoms with E-state index in [0.717, 1.165) is 38.0 Å². The van der Waals surface area contributed by atoms with Crippen LogP contribution >= 0.6 is 0 Å². The second-order valence-electron chi connectivity index (χ2n) is 6.66. The number of hydrogen-bond acceptors (Lipinski definition) is 4. The summed E-state index contributed by atoms with van der Waals surface area (Å²) in [5, 5.41) is 16.6. The van der Waals surface area contributed by atoms with Crippen LogP contribution in [0.3, 0.4) is 0 Å². The molecule has 0 aliphatic carbocycles. The topological polar surface area (TPSA) is 70.4 Å². The zero-order valence-corrected chi connectivity index (χ0v) is 14.6. The number of aromatic nitrogens is 2. The molecule has 1 unspecified atom stereocenters. The van der Waals surface area contributed by atoms with Crippen molar-refractivity contribution in [1.29, 1.82) is 0 Å². The van der Waals surface area contributed by atoms with Crippen molar-refractivity contribution in [2.75, 3.05) is 26.2 Å². The number of aliphatic hydroxyl groups is 1. The number of rotatable bonds is 8. The molecular formula is C17H30N4O2. The molecule has 2 N–H and O–H groups in total. The van der Waals surface area contributed by atoms with E-state index in [9.17, 15) is 9.90 Å². The molecule has 1 aromatic rings. The Balaban J connectivity index is 1.69. The van der Waals surface area contributed by atoms with Crippen LogP contribution in [0, 0.1) is 6.92 Å². The van der Waals surface area contributed by atoms with Crippen LogP contribution in [-0.4, -0.2) is 58.0 Å². The SMILES string of the molecule is Cc1c(C(=O)NCCCCN2CCCC2CO)cnn1C(C)C. The fraction of sp³-hybridized carbons (Fsp3) is 0.765. The van der Waals surface area contributed by atoms with E-state index in [4.69, 9.17) is 0 Å². The van der Waals surface area contributed by atoms with Gasteiger partial charge in [0.15, 0.2) is 0 Å². The van der Waals surface area contributed by atoms with Gasteiger partial charge in [-0.05, 0) is 59.5 Å². The van der Waals surface area contributed by atoms with Crippen molar-refractivity contribution < 1.29 is 9.90 Å². The van der Waals surface area contributed by atoms with Gasteiger partial charge < -0.3 is 10.4 Å². The molecule has 6 heteroatoms. The number of unbranched alkanes of at least 4 members (excludes halogenated alkanes) is 1. The van der Waals surface area contributed by atoms with Crippen molar-refractivity contribution in [3.8, 4) is 0 Å². The molecule has 130 valence electrons. The molecule has 0 bridgehead atoms. The summed E-state index contributed by atoms with van der Waals surface area (Å²) in [7, 11) is 0. The van der Waals surface area contributed by atoms with Gasteiger partial charge in [-0.1, -0.05) is 0 Å². The molecule has 0 aromatic carbocycles. The Labute approximate surface area is 138 Å². The second kappa shape index (κ2) is 8.45. The fourth-order valence-corrected chi connectivity index (χ4v) is 3.30. The van der Waals surface area contributed by atoms with Crippen LogP contribution in [0.4, 0.5) is 0 Å². The molecule has 1 atom stereocenters. The van der Waals surface area contributed by atoms with E-state index in [1.54, 1.807) is 6.20 Å². The van der Waals surface area contributed by atoms with Gasteiger partial charge in [0.25, 0.3) is 5.91 Å². The summed E-state index contributed by atoms with van der Waals surface area (Å²) >= 11 is 0. The Morgan fingerprint density at radius 3 is 2.91 bits per heavy atom. The Kier molecular flexibility index (Phi) is 6.59. The van der Waals surface area contributed by atoms with E-state index < -0.39 is 0 Å². The molecule has 23 heavy (non-hydrogen) atoms. The highest BCUT2D eigenvalue weighted by atomic mass is 16.3. The number of hydrogen-bond donors (Lipinski definition) is 2. The molecule has 1 aromatic heterocycles. The lowest BCUT2D eigenvalue weighted by atomic mass is 10.2. The van der Waals surface area contributed by atoms with Crippen LogP contribution in [-0.2, 0) is 0 Å². The van der Waals surface area contributed by atoms with Gasteiger partial charge >= 0.3 is 0 Å². The standard InChI is InChI=1S/C17H30N4O2/c1-13(2)21-14(3)16(11-19-21)17(23)18-8-4-5-9-20-10-6-7-15(20)12-22/h11,13,15,22H,4-10,12H2,1-3H3,(H,18,23). The maximum absolute atomic E-state index is 12.2. The van der Waals surface area contributed by atoms with Gasteiger partial charge in [-0.25, -0.2) is 0 Å². The van der Waals surface area contributed by atoms with Crippen LogP contribution in [0.2, 0.25) is 0 Å². The summed E-state index contributed by atoms with van der Waals surface area (Å²) in [5.41, 5.74) is 1.58. The van der Waals surface area contributed by atoms with E-state index in [0.29, 0.717) is 18.2 Å². The maximum atomic E-state index is 12.2. The zero-order chi connectivity index (χ0) is 16.8. The molecule has 2 rings (SSSR count). The first-order valence-electron chi connectivity index (χ1n) is 8.71. The van der Waals surface area contributed by atoms with Gasteiger partial charge in [-0.3, -0.25) is 14.4 Å². The lowest BCUT2D eigenvalue weighted by Crippen LogP contribution is -2.33. The molecule has 2 heterocycles. The van der Waals surface area contributed by atoms with Crippen molar-refractivity contribution >= 4 is 5.91 Å². The Hall–Kier alpha value is -1.40. The summed E-state index contributed by atoms with van der Waals surface area (Å²) < 4.78 is 1.87. The van der Waals surface area contributed by atoms with Gasteiger partial charge in [0.05, 0.1) is 18.4 Å². The Morgan fingerprint density at radius 1 is 1.48 bits per heavy atom. The molecule has 0 spiro atoms. The van der Waals surface area contributed by atoms with Crippen LogP contribution in [0.5, 0.6) is 0 Å². The van der Waals surface area contributed by atoms with Crippen LogP contribution < -0.4 is 5.32 Å². The monoisotopic (exact) mass is 322 g/mol. The lowest BCUT2D eigenvalue weighted by molar-refractivity contribution is 0.0951. The van der Waals surface area contributed by atoms with Crippen molar-refractivity contribution in [1.82, 2.24) is 20.0 Å². The van der Waals surface area contributed by atoms with Crippen LogP contribution in [0.25, 0.3) is 0 Å². The van der Waals surface area contributed by atoms with Crippen LogP contribution in [0.15, 0.2) is 6.20 Å². The Morgan fingerprint density at radius 2 is 2.26 bits per heavy atom. The molecule has 0 saturated carbocycles. The summed E-state index contributed by atoms with van der Waals surface area (Å²) in [6.07, 6.45) is 5.94. The van der Waals surface area contributed by atoms with Crippen molar-refractivity contribution in [2.45, 2.75) is 58.5 Å². The first-order chi connectivity index (χ1) is 11.0. The lowest BCUT2D eigenvalue weighted by Gasteiger charge is -2.22. The predicted octanol–water partition coefficient (Wildman–Crippen LogP) is 1.74. The minimum absolute atomic E-state index is 0.0381. The van der Waals surface area contributed by atoms with Gasteiger partial charge in [-0.15, -0.1) is 0 Å². The first kappa shape index (κ1) is 17.9. The molecule has 6 nitrogen and oxygen atoms in total. The summed E-state index contributed by atoms with van der Waals surface area (Å²) in [4.78, 5) is 14.6. The third-order valence-corrected chi connectivity index (χ3v) is 4.65. The van der Waals surface area contributed by atoms with Crippen molar-refractivity contribution in [3.05, 3.63) is 17.5 Å². The van der Waals surface area contributed by atoms with E-state index >= 15 is 0 Å². The third kappa shape index (κ3) is 4.54. The highest BCUT2D eigenvalue weighted by molar-refractivity contribution is 5.95. The molecular weight excluding hydrogens is 292 g/mol. The van der Waals surface area contributed by atoms with E-state index in [1.165, 1.54) is 6.42 Å². The summed E-state index contributed by atoms with van der Waals surface area (Å²) in [6.45, 7) is 9.08. The van der Waals surface area contributed by atoms with E-state index in [1.807, 2.05) is 11.6 Å².